The third-order valence-electron chi connectivity index (χ3n) is 5.19. The number of piperazine rings is 1. The Labute approximate surface area is 157 Å². The lowest BCUT2D eigenvalue weighted by atomic mass is 9.99. The molecular formula is C19H31N3O3S. The molecule has 2 rings (SSSR count). The van der Waals surface area contributed by atoms with Gasteiger partial charge in [0.2, 0.25) is 15.9 Å². The molecule has 6 nitrogen and oxygen atoms in total. The summed E-state index contributed by atoms with van der Waals surface area (Å²) in [5.41, 5.74) is 7.17. The van der Waals surface area contributed by atoms with E-state index in [1.807, 2.05) is 26.0 Å². The normalized spacial score (nSPS) is 18.5. The molecule has 26 heavy (non-hydrogen) atoms. The first-order valence-electron chi connectivity index (χ1n) is 9.44. The van der Waals surface area contributed by atoms with E-state index in [1.165, 1.54) is 4.31 Å². The minimum Gasteiger partial charge on any atom is -0.339 e. The number of sulfonamides is 1. The molecule has 1 aromatic rings. The number of carbonyl (C=O) groups is 1. The summed E-state index contributed by atoms with van der Waals surface area (Å²) < 4.78 is 27.1. The summed E-state index contributed by atoms with van der Waals surface area (Å²) in [6.45, 7) is 7.44. The van der Waals surface area contributed by atoms with Crippen molar-refractivity contribution < 1.29 is 13.2 Å². The lowest BCUT2D eigenvalue weighted by Gasteiger charge is -2.36. The lowest BCUT2D eigenvalue weighted by molar-refractivity contribution is -0.134. The predicted octanol–water partition coefficient (Wildman–Crippen LogP) is 1.85. The third-order valence-corrected chi connectivity index (χ3v) is 7.11. The molecule has 0 bridgehead atoms. The highest BCUT2D eigenvalue weighted by molar-refractivity contribution is 7.89. The van der Waals surface area contributed by atoms with Crippen molar-refractivity contribution in [1.82, 2.24) is 9.21 Å². The van der Waals surface area contributed by atoms with Gasteiger partial charge >= 0.3 is 0 Å². The first kappa shape index (κ1) is 20.9. The fraction of sp³-hybridized carbons (Fsp3) is 0.632. The minimum atomic E-state index is -3.52. The third kappa shape index (κ3) is 4.64. The van der Waals surface area contributed by atoms with Gasteiger partial charge < -0.3 is 10.6 Å². The molecule has 1 saturated heterocycles. The fourth-order valence-corrected chi connectivity index (χ4v) is 4.55. The van der Waals surface area contributed by atoms with Crippen LogP contribution in [0.5, 0.6) is 0 Å². The Bertz CT molecular complexity index is 695. The number of amides is 1. The highest BCUT2D eigenvalue weighted by Crippen LogP contribution is 2.19. The second-order valence-corrected chi connectivity index (χ2v) is 8.97. The van der Waals surface area contributed by atoms with Gasteiger partial charge in [0, 0.05) is 26.2 Å². The summed E-state index contributed by atoms with van der Waals surface area (Å²) in [4.78, 5) is 14.5. The molecule has 2 atom stereocenters. The summed E-state index contributed by atoms with van der Waals surface area (Å²) in [6.07, 6.45) is 2.81. The topological polar surface area (TPSA) is 83.7 Å². The van der Waals surface area contributed by atoms with Crippen LogP contribution in [-0.2, 0) is 21.2 Å². The van der Waals surface area contributed by atoms with Crippen LogP contribution in [-0.4, -0.2) is 55.8 Å². The number of aryl methyl sites for hydroxylation is 1. The van der Waals surface area contributed by atoms with Gasteiger partial charge in [0.15, 0.2) is 0 Å². The number of hydrogen-bond acceptors (Lipinski definition) is 4. The van der Waals surface area contributed by atoms with Crippen molar-refractivity contribution in [1.29, 1.82) is 0 Å². The minimum absolute atomic E-state index is 0.0830. The smallest absolute Gasteiger partial charge is 0.243 e. The van der Waals surface area contributed by atoms with Crippen LogP contribution in [0, 0.1) is 5.92 Å². The Morgan fingerprint density at radius 2 is 1.69 bits per heavy atom. The molecule has 1 fully saturated rings. The molecule has 0 saturated carbocycles. The number of carbonyl (C=O) groups excluding carboxylic acids is 1. The second-order valence-electron chi connectivity index (χ2n) is 7.03. The van der Waals surface area contributed by atoms with Gasteiger partial charge in [0.25, 0.3) is 0 Å². The maximum Gasteiger partial charge on any atom is 0.243 e. The monoisotopic (exact) mass is 381 g/mol. The zero-order valence-corrected chi connectivity index (χ0v) is 16.8. The zero-order valence-electron chi connectivity index (χ0n) is 16.0. The molecular weight excluding hydrogens is 350 g/mol. The van der Waals surface area contributed by atoms with Gasteiger partial charge in [-0.1, -0.05) is 45.7 Å². The SMILES string of the molecule is CCCc1ccc(S(=O)(=O)N2CCN(C(=O)C(N)C(C)CC)CC2)cc1. The van der Waals surface area contributed by atoms with E-state index in [9.17, 15) is 13.2 Å². The first-order chi connectivity index (χ1) is 12.3. The predicted molar refractivity (Wildman–Crippen MR) is 103 cm³/mol. The van der Waals surface area contributed by atoms with Gasteiger partial charge in [-0.2, -0.15) is 4.31 Å². The van der Waals surface area contributed by atoms with Crippen LogP contribution in [0.2, 0.25) is 0 Å². The van der Waals surface area contributed by atoms with Gasteiger partial charge in [0.1, 0.15) is 0 Å². The van der Waals surface area contributed by atoms with Crippen LogP contribution >= 0.6 is 0 Å². The maximum absolute atomic E-state index is 12.8. The number of hydrogen-bond donors (Lipinski definition) is 1. The van der Waals surface area contributed by atoms with E-state index in [2.05, 4.69) is 6.92 Å². The summed E-state index contributed by atoms with van der Waals surface area (Å²) in [7, 11) is -3.52. The van der Waals surface area contributed by atoms with E-state index >= 15 is 0 Å². The van der Waals surface area contributed by atoms with Crippen molar-refractivity contribution in [2.75, 3.05) is 26.2 Å². The first-order valence-corrected chi connectivity index (χ1v) is 10.9. The summed E-state index contributed by atoms with van der Waals surface area (Å²) >= 11 is 0. The van der Waals surface area contributed by atoms with Crippen molar-refractivity contribution in [2.45, 2.75) is 51.0 Å². The van der Waals surface area contributed by atoms with Crippen LogP contribution in [0.4, 0.5) is 0 Å². The second kappa shape index (κ2) is 8.97. The number of nitrogens with zero attached hydrogens (tertiary/aromatic N) is 2. The van der Waals surface area contributed by atoms with Crippen LogP contribution in [0.1, 0.15) is 39.2 Å². The van der Waals surface area contributed by atoms with Crippen molar-refractivity contribution in [2.24, 2.45) is 11.7 Å². The van der Waals surface area contributed by atoms with E-state index < -0.39 is 16.1 Å². The molecule has 1 heterocycles. The summed E-state index contributed by atoms with van der Waals surface area (Å²) in [6, 6.07) is 6.59. The highest BCUT2D eigenvalue weighted by Gasteiger charge is 2.32. The number of benzene rings is 1. The van der Waals surface area contributed by atoms with Gasteiger partial charge in [-0.15, -0.1) is 0 Å². The summed E-state index contributed by atoms with van der Waals surface area (Å²) in [5.74, 6) is 0.0335. The summed E-state index contributed by atoms with van der Waals surface area (Å²) in [5, 5.41) is 0. The van der Waals surface area contributed by atoms with Crippen molar-refractivity contribution in [3.05, 3.63) is 29.8 Å². The van der Waals surface area contributed by atoms with E-state index in [4.69, 9.17) is 5.73 Å². The Balaban J connectivity index is 2.01. The van der Waals surface area contributed by atoms with E-state index in [0.717, 1.165) is 24.8 Å². The standard InChI is InChI=1S/C19H31N3O3S/c1-4-6-16-7-9-17(10-8-16)26(24,25)22-13-11-21(12-14-22)19(23)18(20)15(3)5-2/h7-10,15,18H,4-6,11-14,20H2,1-3H3. The molecule has 1 amide bonds. The van der Waals surface area contributed by atoms with Crippen molar-refractivity contribution in [3.63, 3.8) is 0 Å². The van der Waals surface area contributed by atoms with Gasteiger partial charge in [0.05, 0.1) is 10.9 Å². The Kier molecular flexibility index (Phi) is 7.20. The Morgan fingerprint density at radius 3 is 2.19 bits per heavy atom. The largest absolute Gasteiger partial charge is 0.339 e. The average molecular weight is 382 g/mol. The molecule has 7 heteroatoms. The van der Waals surface area contributed by atoms with E-state index in [1.54, 1.807) is 17.0 Å². The average Bonchev–Trinajstić information content (AvgIpc) is 2.67. The van der Waals surface area contributed by atoms with Gasteiger partial charge in [-0.25, -0.2) is 8.42 Å². The maximum atomic E-state index is 12.8. The van der Waals surface area contributed by atoms with Crippen LogP contribution in [0.3, 0.4) is 0 Å². The van der Waals surface area contributed by atoms with Crippen LogP contribution in [0.25, 0.3) is 0 Å². The molecule has 2 N–H and O–H groups in total. The van der Waals surface area contributed by atoms with Crippen LogP contribution in [0.15, 0.2) is 29.2 Å². The molecule has 1 aliphatic rings. The molecule has 0 aromatic heterocycles. The van der Waals surface area contributed by atoms with Crippen molar-refractivity contribution >= 4 is 15.9 Å². The number of nitrogens with two attached hydrogens (primary N) is 1. The molecule has 0 radical (unpaired) electrons. The molecule has 1 aliphatic heterocycles. The zero-order chi connectivity index (χ0) is 19.3. The lowest BCUT2D eigenvalue weighted by Crippen LogP contribution is -2.55. The Hall–Kier alpha value is -1.44. The van der Waals surface area contributed by atoms with Crippen LogP contribution < -0.4 is 5.73 Å². The van der Waals surface area contributed by atoms with Crippen molar-refractivity contribution in [3.8, 4) is 0 Å². The van der Waals surface area contributed by atoms with Gasteiger partial charge in [-0.3, -0.25) is 4.79 Å². The molecule has 0 spiro atoms. The van der Waals surface area contributed by atoms with Gasteiger partial charge in [-0.05, 0) is 30.0 Å². The highest BCUT2D eigenvalue weighted by atomic mass is 32.2. The molecule has 0 aliphatic carbocycles. The number of rotatable bonds is 7. The Morgan fingerprint density at radius 1 is 1.12 bits per heavy atom. The van der Waals surface area contributed by atoms with E-state index in [0.29, 0.717) is 31.1 Å². The van der Waals surface area contributed by atoms with E-state index in [-0.39, 0.29) is 11.8 Å². The molecule has 1 aromatic carbocycles. The quantitative estimate of drug-likeness (QED) is 0.781. The fourth-order valence-electron chi connectivity index (χ4n) is 3.12. The molecule has 2 unspecified atom stereocenters. The molecule has 146 valence electrons.